The molecule has 0 radical (unpaired) electrons. The molecule has 2 N–H and O–H groups in total. The molecule has 3 rings (SSSR count). The molecule has 1 aliphatic rings. The van der Waals surface area contributed by atoms with E-state index in [1.165, 1.54) is 5.69 Å². The lowest BCUT2D eigenvalue weighted by Gasteiger charge is -2.23. The molecule has 1 fully saturated rings. The molecule has 2 heterocycles. The molecule has 24 heavy (non-hydrogen) atoms. The summed E-state index contributed by atoms with van der Waals surface area (Å²) in [5.41, 5.74) is 1.02. The van der Waals surface area contributed by atoms with Gasteiger partial charge in [0.15, 0.2) is 0 Å². The number of para-hydroxylation sites is 1. The van der Waals surface area contributed by atoms with Crippen LogP contribution in [-0.4, -0.2) is 34.9 Å². The minimum atomic E-state index is -0.180. The standard InChI is InChI=1S/C18H25N5O/c1-18(2,3)23-16(9-11-19-23)21-17(24)20-14-10-12-22(13-14)15-7-5-4-6-8-15/h4-9,11,14H,10,12-13H2,1-3H3,(H2,20,21,24). The van der Waals surface area contributed by atoms with Crippen molar-refractivity contribution >= 4 is 17.5 Å². The number of carbonyl (C=O) groups is 1. The highest BCUT2D eigenvalue weighted by atomic mass is 16.2. The Morgan fingerprint density at radius 3 is 2.67 bits per heavy atom. The Balaban J connectivity index is 1.56. The molecular formula is C18H25N5O. The van der Waals surface area contributed by atoms with E-state index in [1.807, 2.05) is 28.9 Å². The summed E-state index contributed by atoms with van der Waals surface area (Å²) < 4.78 is 1.82. The fraction of sp³-hybridized carbons (Fsp3) is 0.444. The van der Waals surface area contributed by atoms with Gasteiger partial charge >= 0.3 is 6.03 Å². The van der Waals surface area contributed by atoms with Crippen LogP contribution in [0.2, 0.25) is 0 Å². The smallest absolute Gasteiger partial charge is 0.320 e. The number of nitrogens with one attached hydrogen (secondary N) is 2. The lowest BCUT2D eigenvalue weighted by Crippen LogP contribution is -2.40. The van der Waals surface area contributed by atoms with E-state index >= 15 is 0 Å². The molecule has 0 saturated carbocycles. The van der Waals surface area contributed by atoms with Crippen LogP contribution in [0.5, 0.6) is 0 Å². The van der Waals surface area contributed by atoms with Gasteiger partial charge in [0.25, 0.3) is 0 Å². The highest BCUT2D eigenvalue weighted by Crippen LogP contribution is 2.21. The molecule has 0 aliphatic carbocycles. The van der Waals surface area contributed by atoms with Gasteiger partial charge in [0.2, 0.25) is 0 Å². The highest BCUT2D eigenvalue weighted by Gasteiger charge is 2.25. The van der Waals surface area contributed by atoms with Crippen LogP contribution in [0.4, 0.5) is 16.3 Å². The van der Waals surface area contributed by atoms with Crippen LogP contribution >= 0.6 is 0 Å². The molecule has 6 nitrogen and oxygen atoms in total. The summed E-state index contributed by atoms with van der Waals surface area (Å²) >= 11 is 0. The minimum Gasteiger partial charge on any atom is -0.369 e. The second-order valence-corrected chi connectivity index (χ2v) is 7.16. The number of aromatic nitrogens is 2. The number of carbonyl (C=O) groups excluding carboxylic acids is 1. The van der Waals surface area contributed by atoms with E-state index in [9.17, 15) is 4.79 Å². The van der Waals surface area contributed by atoms with Gasteiger partial charge in [0.05, 0.1) is 11.7 Å². The van der Waals surface area contributed by atoms with E-state index in [0.29, 0.717) is 5.82 Å². The molecule has 1 unspecified atom stereocenters. The van der Waals surface area contributed by atoms with Gasteiger partial charge in [-0.2, -0.15) is 5.10 Å². The second kappa shape index (κ2) is 6.55. The maximum atomic E-state index is 12.3. The van der Waals surface area contributed by atoms with Gasteiger partial charge in [0, 0.05) is 30.9 Å². The predicted molar refractivity (Wildman–Crippen MR) is 96.4 cm³/mol. The summed E-state index contributed by atoms with van der Waals surface area (Å²) in [5, 5.41) is 10.3. The summed E-state index contributed by atoms with van der Waals surface area (Å²) in [6.07, 6.45) is 2.65. The largest absolute Gasteiger partial charge is 0.369 e. The van der Waals surface area contributed by atoms with Crippen molar-refractivity contribution in [2.75, 3.05) is 23.3 Å². The summed E-state index contributed by atoms with van der Waals surface area (Å²) in [5.74, 6) is 0.706. The lowest BCUT2D eigenvalue weighted by molar-refractivity contribution is 0.248. The monoisotopic (exact) mass is 327 g/mol. The van der Waals surface area contributed by atoms with E-state index in [1.54, 1.807) is 6.20 Å². The average molecular weight is 327 g/mol. The van der Waals surface area contributed by atoms with Crippen molar-refractivity contribution in [1.82, 2.24) is 15.1 Å². The molecular weight excluding hydrogens is 302 g/mol. The van der Waals surface area contributed by atoms with E-state index in [2.05, 4.69) is 53.5 Å². The molecule has 2 amide bonds. The Bertz CT molecular complexity index is 689. The van der Waals surface area contributed by atoms with Crippen LogP contribution in [0.25, 0.3) is 0 Å². The molecule has 0 bridgehead atoms. The first kappa shape index (κ1) is 16.4. The van der Waals surface area contributed by atoms with Crippen molar-refractivity contribution < 1.29 is 4.79 Å². The molecule has 0 spiro atoms. The number of benzene rings is 1. The molecule has 6 heteroatoms. The fourth-order valence-corrected chi connectivity index (χ4v) is 3.02. The topological polar surface area (TPSA) is 62.2 Å². The van der Waals surface area contributed by atoms with Gasteiger partial charge < -0.3 is 10.2 Å². The zero-order valence-electron chi connectivity index (χ0n) is 14.5. The number of urea groups is 1. The Hall–Kier alpha value is -2.50. The number of anilines is 2. The number of rotatable bonds is 3. The molecule has 1 saturated heterocycles. The Morgan fingerprint density at radius 1 is 1.21 bits per heavy atom. The number of nitrogens with zero attached hydrogens (tertiary/aromatic N) is 3. The van der Waals surface area contributed by atoms with Gasteiger partial charge in [-0.3, -0.25) is 5.32 Å². The van der Waals surface area contributed by atoms with Crippen LogP contribution in [0.1, 0.15) is 27.2 Å². The minimum absolute atomic E-state index is 0.149. The van der Waals surface area contributed by atoms with E-state index < -0.39 is 0 Å². The summed E-state index contributed by atoms with van der Waals surface area (Å²) in [6, 6.07) is 12.1. The maximum Gasteiger partial charge on any atom is 0.320 e. The Morgan fingerprint density at radius 2 is 1.96 bits per heavy atom. The van der Waals surface area contributed by atoms with E-state index in [0.717, 1.165) is 19.5 Å². The first-order valence-corrected chi connectivity index (χ1v) is 8.35. The van der Waals surface area contributed by atoms with Gasteiger partial charge in [-0.05, 0) is 39.3 Å². The fourth-order valence-electron chi connectivity index (χ4n) is 3.02. The van der Waals surface area contributed by atoms with Gasteiger partial charge in [-0.15, -0.1) is 0 Å². The van der Waals surface area contributed by atoms with E-state index in [4.69, 9.17) is 0 Å². The quantitative estimate of drug-likeness (QED) is 0.911. The number of hydrogen-bond donors (Lipinski definition) is 2. The van der Waals surface area contributed by atoms with Crippen LogP contribution in [-0.2, 0) is 5.54 Å². The molecule has 128 valence electrons. The number of amides is 2. The zero-order valence-corrected chi connectivity index (χ0v) is 14.5. The van der Waals surface area contributed by atoms with E-state index in [-0.39, 0.29) is 17.6 Å². The van der Waals surface area contributed by atoms with Crippen molar-refractivity contribution in [2.45, 2.75) is 38.8 Å². The molecule has 1 atom stereocenters. The molecule has 1 aromatic heterocycles. The van der Waals surface area contributed by atoms with Crippen molar-refractivity contribution in [3.05, 3.63) is 42.6 Å². The Kier molecular flexibility index (Phi) is 4.46. The highest BCUT2D eigenvalue weighted by molar-refractivity contribution is 5.88. The third-order valence-corrected chi connectivity index (χ3v) is 4.16. The third-order valence-electron chi connectivity index (χ3n) is 4.16. The normalized spacial score (nSPS) is 17.8. The molecule has 1 aromatic carbocycles. The van der Waals surface area contributed by atoms with Gasteiger partial charge in [-0.25, -0.2) is 9.48 Å². The second-order valence-electron chi connectivity index (χ2n) is 7.16. The van der Waals surface area contributed by atoms with Crippen LogP contribution in [0.3, 0.4) is 0 Å². The maximum absolute atomic E-state index is 12.3. The SMILES string of the molecule is CC(C)(C)n1nccc1NC(=O)NC1CCN(c2ccccc2)C1. The van der Waals surface area contributed by atoms with Crippen molar-refractivity contribution in [2.24, 2.45) is 0 Å². The van der Waals surface area contributed by atoms with Crippen LogP contribution in [0, 0.1) is 0 Å². The molecule has 2 aromatic rings. The lowest BCUT2D eigenvalue weighted by atomic mass is 10.1. The van der Waals surface area contributed by atoms with Gasteiger partial charge in [-0.1, -0.05) is 18.2 Å². The summed E-state index contributed by atoms with van der Waals surface area (Å²) in [7, 11) is 0. The average Bonchev–Trinajstić information content (AvgIpc) is 3.17. The Labute approximate surface area is 142 Å². The van der Waals surface area contributed by atoms with Crippen molar-refractivity contribution in [1.29, 1.82) is 0 Å². The van der Waals surface area contributed by atoms with Crippen molar-refractivity contribution in [3.8, 4) is 0 Å². The third kappa shape index (κ3) is 3.69. The van der Waals surface area contributed by atoms with Crippen LogP contribution in [0.15, 0.2) is 42.6 Å². The summed E-state index contributed by atoms with van der Waals surface area (Å²) in [4.78, 5) is 14.6. The summed E-state index contributed by atoms with van der Waals surface area (Å²) in [6.45, 7) is 7.94. The first-order chi connectivity index (χ1) is 11.4. The number of hydrogen-bond acceptors (Lipinski definition) is 3. The first-order valence-electron chi connectivity index (χ1n) is 8.35. The zero-order chi connectivity index (χ0) is 17.2. The van der Waals surface area contributed by atoms with Crippen LogP contribution < -0.4 is 15.5 Å². The van der Waals surface area contributed by atoms with Crippen molar-refractivity contribution in [3.63, 3.8) is 0 Å². The van der Waals surface area contributed by atoms with Gasteiger partial charge in [0.1, 0.15) is 5.82 Å². The molecule has 1 aliphatic heterocycles. The predicted octanol–water partition coefficient (Wildman–Crippen LogP) is 3.04.